The number of amides is 1. The van der Waals surface area contributed by atoms with E-state index in [1.165, 1.54) is 0 Å². The fourth-order valence-corrected chi connectivity index (χ4v) is 4.96. The van der Waals surface area contributed by atoms with Gasteiger partial charge in [0.15, 0.2) is 5.84 Å². The summed E-state index contributed by atoms with van der Waals surface area (Å²) in [6.07, 6.45) is 0. The van der Waals surface area contributed by atoms with Gasteiger partial charge in [0.05, 0.1) is 5.69 Å². The second-order valence-electron chi connectivity index (χ2n) is 8.07. The van der Waals surface area contributed by atoms with Gasteiger partial charge < -0.3 is 5.32 Å². The lowest BCUT2D eigenvalue weighted by Crippen LogP contribution is -2.58. The third-order valence-corrected chi connectivity index (χ3v) is 6.56. The van der Waals surface area contributed by atoms with Gasteiger partial charge in [-0.15, -0.1) is 0 Å². The van der Waals surface area contributed by atoms with E-state index in [-0.39, 0.29) is 5.91 Å². The van der Waals surface area contributed by atoms with Gasteiger partial charge >= 0.3 is 0 Å². The van der Waals surface area contributed by atoms with Gasteiger partial charge in [0, 0.05) is 32.5 Å². The van der Waals surface area contributed by atoms with Crippen LogP contribution in [0.25, 0.3) is 0 Å². The summed E-state index contributed by atoms with van der Waals surface area (Å²) in [6.45, 7) is 0. The molecule has 1 atom stereocenters. The molecule has 1 unspecified atom stereocenters. The summed E-state index contributed by atoms with van der Waals surface area (Å²) in [4.78, 5) is 16.0. The summed E-state index contributed by atoms with van der Waals surface area (Å²) in [5.74, 6) is 0.424. The van der Waals surface area contributed by atoms with E-state index < -0.39 is 5.66 Å². The van der Waals surface area contributed by atoms with E-state index in [0.29, 0.717) is 21.6 Å². The van der Waals surface area contributed by atoms with Crippen molar-refractivity contribution in [2.75, 3.05) is 15.2 Å². The van der Waals surface area contributed by atoms with Crippen LogP contribution in [0, 0.1) is 0 Å². The van der Waals surface area contributed by atoms with Crippen LogP contribution in [-0.4, -0.2) is 11.7 Å². The zero-order valence-corrected chi connectivity index (χ0v) is 19.3. The first-order valence-electron chi connectivity index (χ1n) is 10.8. The molecule has 34 heavy (non-hydrogen) atoms. The molecule has 0 radical (unpaired) electrons. The van der Waals surface area contributed by atoms with Gasteiger partial charge in [-0.2, -0.15) is 5.10 Å². The van der Waals surface area contributed by atoms with Gasteiger partial charge in [-0.05, 0) is 48.5 Å². The number of nitrogens with zero attached hydrogens (tertiary/aromatic N) is 3. The first kappa shape index (κ1) is 20.8. The first-order chi connectivity index (χ1) is 16.6. The third kappa shape index (κ3) is 3.01. The van der Waals surface area contributed by atoms with E-state index in [4.69, 9.17) is 28.3 Å². The number of nitrogens with one attached hydrogen (secondary N) is 1. The van der Waals surface area contributed by atoms with Crippen LogP contribution in [0.5, 0.6) is 0 Å². The number of carbonyl (C=O) groups excluding carboxylic acids is 1. The van der Waals surface area contributed by atoms with Crippen molar-refractivity contribution in [2.45, 2.75) is 5.66 Å². The summed E-state index contributed by atoms with van der Waals surface area (Å²) >= 11 is 12.6. The fraction of sp³-hybridized carbons (Fsp3) is 0.0370. The van der Waals surface area contributed by atoms with Gasteiger partial charge in [-0.25, -0.2) is 5.01 Å². The highest BCUT2D eigenvalue weighted by Crippen LogP contribution is 2.51. The smallest absolute Gasteiger partial charge is 0.278 e. The Hall–Kier alpha value is -3.80. The van der Waals surface area contributed by atoms with Crippen molar-refractivity contribution in [1.29, 1.82) is 0 Å². The number of rotatable bonds is 3. The molecular weight excluding hydrogens is 467 g/mol. The number of hydrogen-bond acceptors (Lipinski definition) is 4. The Kier molecular flexibility index (Phi) is 4.83. The Morgan fingerprint density at radius 3 is 2.24 bits per heavy atom. The molecule has 1 spiro atoms. The standard InChI is InChI=1S/C27H18Cl2N4O/c28-19-13-15-21(16-14-19)32-25(18-7-2-1-3-8-18)31-33(22-10-6-9-20(29)17-22)27(32)23-11-4-5-12-24(23)30-26(27)34/h1-17H,(H,30,34). The Labute approximate surface area is 206 Å². The normalized spacial score (nSPS) is 18.8. The van der Waals surface area contributed by atoms with E-state index in [1.807, 2.05) is 102 Å². The molecule has 4 aromatic carbocycles. The van der Waals surface area contributed by atoms with Gasteiger partial charge in [-0.1, -0.05) is 77.8 Å². The Balaban J connectivity index is 1.69. The summed E-state index contributed by atoms with van der Waals surface area (Å²) < 4.78 is 0. The molecule has 0 bridgehead atoms. The molecule has 1 amide bonds. The summed E-state index contributed by atoms with van der Waals surface area (Å²) in [5, 5.41) is 11.1. The maximum Gasteiger partial charge on any atom is 0.278 e. The van der Waals surface area contributed by atoms with Crippen molar-refractivity contribution in [2.24, 2.45) is 5.10 Å². The lowest BCUT2D eigenvalue weighted by atomic mass is 9.96. The summed E-state index contributed by atoms with van der Waals surface area (Å²) in [6, 6.07) is 32.3. The van der Waals surface area contributed by atoms with Crippen molar-refractivity contribution in [3.05, 3.63) is 124 Å². The van der Waals surface area contributed by atoms with Gasteiger partial charge in [-0.3, -0.25) is 9.69 Å². The second kappa shape index (κ2) is 7.90. The van der Waals surface area contributed by atoms with Crippen LogP contribution in [-0.2, 0) is 10.5 Å². The molecule has 7 heteroatoms. The zero-order valence-electron chi connectivity index (χ0n) is 17.8. The zero-order chi connectivity index (χ0) is 23.3. The molecule has 2 aliphatic heterocycles. The van der Waals surface area contributed by atoms with Crippen LogP contribution >= 0.6 is 23.2 Å². The minimum Gasteiger partial charge on any atom is -0.322 e. The Morgan fingerprint density at radius 1 is 0.735 bits per heavy atom. The molecule has 0 saturated heterocycles. The van der Waals surface area contributed by atoms with E-state index >= 15 is 0 Å². The monoisotopic (exact) mass is 484 g/mol. The van der Waals surface area contributed by atoms with E-state index in [1.54, 1.807) is 11.1 Å². The molecule has 4 aromatic rings. The molecule has 1 N–H and O–H groups in total. The lowest BCUT2D eigenvalue weighted by molar-refractivity contribution is -0.120. The lowest BCUT2D eigenvalue weighted by Gasteiger charge is -2.40. The number of halogens is 2. The average molecular weight is 485 g/mol. The number of hydrogen-bond donors (Lipinski definition) is 1. The first-order valence-corrected chi connectivity index (χ1v) is 11.5. The maximum atomic E-state index is 14.0. The number of benzene rings is 4. The SMILES string of the molecule is O=C1Nc2ccccc2C12N(c1cccc(Cl)c1)N=C(c1ccccc1)N2c1ccc(Cl)cc1. The summed E-state index contributed by atoms with van der Waals surface area (Å²) in [5.41, 5.74) is 2.58. The quantitative estimate of drug-likeness (QED) is 0.361. The van der Waals surface area contributed by atoms with Crippen LogP contribution in [0.4, 0.5) is 17.1 Å². The van der Waals surface area contributed by atoms with Crippen LogP contribution in [0.2, 0.25) is 10.0 Å². The van der Waals surface area contributed by atoms with Crippen molar-refractivity contribution in [3.63, 3.8) is 0 Å². The maximum absolute atomic E-state index is 14.0. The van der Waals surface area contributed by atoms with Crippen molar-refractivity contribution >= 4 is 52.0 Å². The minimum atomic E-state index is -1.31. The number of carbonyl (C=O) groups is 1. The number of hydrazone groups is 1. The molecule has 6 rings (SSSR count). The van der Waals surface area contributed by atoms with Crippen molar-refractivity contribution in [3.8, 4) is 0 Å². The molecule has 166 valence electrons. The number of fused-ring (bicyclic) bond motifs is 2. The Bertz CT molecular complexity index is 1440. The minimum absolute atomic E-state index is 0.210. The van der Waals surface area contributed by atoms with Crippen molar-refractivity contribution in [1.82, 2.24) is 0 Å². The molecule has 0 saturated carbocycles. The second-order valence-corrected chi connectivity index (χ2v) is 8.94. The molecular formula is C27H18Cl2N4O. The highest BCUT2D eigenvalue weighted by Gasteiger charge is 2.61. The van der Waals surface area contributed by atoms with E-state index in [2.05, 4.69) is 5.32 Å². The molecule has 0 aromatic heterocycles. The largest absolute Gasteiger partial charge is 0.322 e. The molecule has 2 heterocycles. The Morgan fingerprint density at radius 2 is 1.47 bits per heavy atom. The predicted octanol–water partition coefficient (Wildman–Crippen LogP) is 6.49. The highest BCUT2D eigenvalue weighted by atomic mass is 35.5. The molecule has 2 aliphatic rings. The number of amidine groups is 1. The third-order valence-electron chi connectivity index (χ3n) is 6.07. The topological polar surface area (TPSA) is 47.9 Å². The average Bonchev–Trinajstić information content (AvgIpc) is 3.36. The molecule has 0 fully saturated rings. The van der Waals surface area contributed by atoms with E-state index in [0.717, 1.165) is 22.5 Å². The van der Waals surface area contributed by atoms with E-state index in [9.17, 15) is 4.79 Å². The predicted molar refractivity (Wildman–Crippen MR) is 138 cm³/mol. The van der Waals surface area contributed by atoms with Gasteiger partial charge in [0.25, 0.3) is 5.91 Å². The highest BCUT2D eigenvalue weighted by molar-refractivity contribution is 6.31. The number of para-hydroxylation sites is 1. The van der Waals surface area contributed by atoms with Crippen LogP contribution in [0.3, 0.4) is 0 Å². The molecule has 5 nitrogen and oxygen atoms in total. The molecule has 0 aliphatic carbocycles. The summed E-state index contributed by atoms with van der Waals surface area (Å²) in [7, 11) is 0. The van der Waals surface area contributed by atoms with Crippen molar-refractivity contribution < 1.29 is 4.79 Å². The van der Waals surface area contributed by atoms with Crippen LogP contribution in [0.1, 0.15) is 11.1 Å². The fourth-order valence-electron chi connectivity index (χ4n) is 4.65. The van der Waals surface area contributed by atoms with Gasteiger partial charge in [0.1, 0.15) is 0 Å². The number of anilines is 3. The van der Waals surface area contributed by atoms with Gasteiger partial charge in [0.2, 0.25) is 5.66 Å². The van der Waals surface area contributed by atoms with Crippen LogP contribution < -0.4 is 15.2 Å². The van der Waals surface area contributed by atoms with Crippen LogP contribution in [0.15, 0.2) is 108 Å².